The van der Waals surface area contributed by atoms with Gasteiger partial charge in [0.2, 0.25) is 5.13 Å². The van der Waals surface area contributed by atoms with Gasteiger partial charge in [0.1, 0.15) is 17.1 Å². The number of amides is 1. The van der Waals surface area contributed by atoms with Gasteiger partial charge >= 0.3 is 5.91 Å². The molecule has 43 heavy (non-hydrogen) atoms. The minimum atomic E-state index is -0.963. The predicted octanol–water partition coefficient (Wildman–Crippen LogP) is 6.77. The molecule has 1 aliphatic rings. The van der Waals surface area contributed by atoms with E-state index >= 15 is 0 Å². The van der Waals surface area contributed by atoms with Crippen molar-refractivity contribution >= 4 is 62.9 Å². The van der Waals surface area contributed by atoms with E-state index in [1.165, 1.54) is 28.0 Å². The van der Waals surface area contributed by atoms with Gasteiger partial charge in [-0.1, -0.05) is 71.1 Å². The predicted molar refractivity (Wildman–Crippen MR) is 168 cm³/mol. The molecule has 0 spiro atoms. The molecule has 1 N–H and O–H groups in total. The van der Waals surface area contributed by atoms with Gasteiger partial charge in [-0.05, 0) is 61.7 Å². The Bertz CT molecular complexity index is 1900. The number of aryl methyl sites for hydroxylation is 2. The maximum Gasteiger partial charge on any atom is 0.301 e. The fourth-order valence-electron chi connectivity index (χ4n) is 5.05. The summed E-state index contributed by atoms with van der Waals surface area (Å²) in [7, 11) is 0. The summed E-state index contributed by atoms with van der Waals surface area (Å²) < 4.78 is 8.05. The molecule has 3 aromatic heterocycles. The van der Waals surface area contributed by atoms with Crippen molar-refractivity contribution in [1.82, 2.24) is 19.6 Å². The van der Waals surface area contributed by atoms with Crippen LogP contribution in [-0.4, -0.2) is 43.0 Å². The standard InChI is InChI=1S/C31H26ClN5O4S2/c1-4-41-21-13-11-19(12-14-21)25-23(26(38)24-18(3)36-15-7-8-17(2)28(36)33-24)27(39)29(40)37(25)30-34-35-31(43-30)42-16-20-9-5-6-10-22(20)32/h5-15,25,38H,4,16H2,1-3H3. The number of aliphatic hydroxyl groups excluding tert-OH is 1. The summed E-state index contributed by atoms with van der Waals surface area (Å²) in [5.74, 6) is -0.786. The highest BCUT2D eigenvalue weighted by Crippen LogP contribution is 2.44. The van der Waals surface area contributed by atoms with Gasteiger partial charge in [-0.2, -0.15) is 0 Å². The average molecular weight is 632 g/mol. The third kappa shape index (κ3) is 5.28. The second-order valence-corrected chi connectivity index (χ2v) is 12.4. The minimum absolute atomic E-state index is 0.0706. The highest BCUT2D eigenvalue weighted by molar-refractivity contribution is 8.00. The molecule has 0 radical (unpaired) electrons. The van der Waals surface area contributed by atoms with E-state index in [4.69, 9.17) is 16.3 Å². The van der Waals surface area contributed by atoms with Crippen molar-refractivity contribution in [2.24, 2.45) is 0 Å². The zero-order valence-corrected chi connectivity index (χ0v) is 25.8. The van der Waals surface area contributed by atoms with Crippen molar-refractivity contribution in [3.05, 3.63) is 106 Å². The van der Waals surface area contributed by atoms with E-state index in [0.29, 0.717) is 44.4 Å². The molecule has 1 unspecified atom stereocenters. The number of Topliss-reactive ketones (excluding diaryl/α,β-unsaturated/α-hetero) is 1. The summed E-state index contributed by atoms with van der Waals surface area (Å²) in [5, 5.41) is 21.2. The maximum atomic E-state index is 13.7. The normalized spacial score (nSPS) is 16.4. The van der Waals surface area contributed by atoms with Crippen molar-refractivity contribution in [2.75, 3.05) is 11.5 Å². The second-order valence-electron chi connectivity index (χ2n) is 9.83. The molecule has 9 nitrogen and oxygen atoms in total. The summed E-state index contributed by atoms with van der Waals surface area (Å²) in [6.45, 7) is 6.10. The first-order valence-corrected chi connectivity index (χ1v) is 15.6. The van der Waals surface area contributed by atoms with E-state index in [2.05, 4.69) is 15.2 Å². The van der Waals surface area contributed by atoms with Crippen LogP contribution in [0, 0.1) is 13.8 Å². The number of aliphatic hydroxyl groups is 1. The van der Waals surface area contributed by atoms with Gasteiger partial charge in [0.25, 0.3) is 5.78 Å². The molecule has 218 valence electrons. The van der Waals surface area contributed by atoms with Crippen molar-refractivity contribution in [1.29, 1.82) is 0 Å². The Morgan fingerprint density at radius 3 is 2.56 bits per heavy atom. The van der Waals surface area contributed by atoms with E-state index in [-0.39, 0.29) is 22.2 Å². The van der Waals surface area contributed by atoms with E-state index < -0.39 is 17.7 Å². The first-order valence-electron chi connectivity index (χ1n) is 13.5. The molecule has 1 amide bonds. The molecule has 4 heterocycles. The number of halogens is 1. The summed E-state index contributed by atoms with van der Waals surface area (Å²) >= 11 is 8.93. The van der Waals surface area contributed by atoms with Crippen molar-refractivity contribution in [3.63, 3.8) is 0 Å². The van der Waals surface area contributed by atoms with Crippen LogP contribution in [0.15, 0.2) is 76.8 Å². The summed E-state index contributed by atoms with van der Waals surface area (Å²) in [5.41, 5.74) is 3.90. The van der Waals surface area contributed by atoms with Gasteiger partial charge in [-0.3, -0.25) is 14.5 Å². The highest BCUT2D eigenvalue weighted by atomic mass is 35.5. The molecule has 0 bridgehead atoms. The van der Waals surface area contributed by atoms with Crippen LogP contribution in [0.2, 0.25) is 5.02 Å². The van der Waals surface area contributed by atoms with Gasteiger partial charge in [-0.15, -0.1) is 10.2 Å². The zero-order valence-electron chi connectivity index (χ0n) is 23.4. The molecule has 1 atom stereocenters. The van der Waals surface area contributed by atoms with Gasteiger partial charge in [0.05, 0.1) is 23.9 Å². The fraction of sp³-hybridized carbons (Fsp3) is 0.194. The number of ether oxygens (including phenoxy) is 1. The molecule has 2 aromatic carbocycles. The number of pyridine rings is 1. The van der Waals surface area contributed by atoms with Crippen LogP contribution in [0.5, 0.6) is 5.75 Å². The maximum absolute atomic E-state index is 13.7. The molecular formula is C31H26ClN5O4S2. The number of benzene rings is 2. The molecule has 12 heteroatoms. The number of carbonyl (C=O) groups excluding carboxylic acids is 2. The first kappa shape index (κ1) is 28.9. The SMILES string of the molecule is CCOc1ccc(C2C(=C(O)c3nc4c(C)cccn4c3C)C(=O)C(=O)N2c2nnc(SCc3ccccc3Cl)s2)cc1. The van der Waals surface area contributed by atoms with Crippen LogP contribution >= 0.6 is 34.7 Å². The Morgan fingerprint density at radius 2 is 1.84 bits per heavy atom. The van der Waals surface area contributed by atoms with Crippen LogP contribution in [0.1, 0.15) is 41.0 Å². The number of rotatable bonds is 8. The van der Waals surface area contributed by atoms with Crippen LogP contribution in [0.4, 0.5) is 5.13 Å². The number of fused-ring (bicyclic) bond motifs is 1. The zero-order chi connectivity index (χ0) is 30.2. The van der Waals surface area contributed by atoms with Gasteiger partial charge in [0, 0.05) is 17.0 Å². The number of imidazole rings is 1. The molecule has 0 saturated carbocycles. The lowest BCUT2D eigenvalue weighted by atomic mass is 9.96. The number of anilines is 1. The smallest absolute Gasteiger partial charge is 0.301 e. The molecular weight excluding hydrogens is 606 g/mol. The number of nitrogens with zero attached hydrogens (tertiary/aromatic N) is 5. The molecule has 1 aliphatic heterocycles. The van der Waals surface area contributed by atoms with Gasteiger partial charge in [-0.25, -0.2) is 4.98 Å². The largest absolute Gasteiger partial charge is 0.505 e. The Kier molecular flexibility index (Phi) is 7.95. The van der Waals surface area contributed by atoms with Crippen LogP contribution in [-0.2, 0) is 15.3 Å². The van der Waals surface area contributed by atoms with E-state index in [1.807, 2.05) is 67.8 Å². The van der Waals surface area contributed by atoms with Crippen molar-refractivity contribution < 1.29 is 19.4 Å². The Hall–Kier alpha value is -4.19. The number of thioether (sulfide) groups is 1. The van der Waals surface area contributed by atoms with E-state index in [1.54, 1.807) is 24.3 Å². The fourth-order valence-corrected chi connectivity index (χ4v) is 7.20. The number of ketones is 1. The summed E-state index contributed by atoms with van der Waals surface area (Å²) in [6.07, 6.45) is 1.84. The quantitative estimate of drug-likeness (QED) is 0.0657. The highest BCUT2D eigenvalue weighted by Gasteiger charge is 2.49. The molecule has 1 fully saturated rings. The Morgan fingerprint density at radius 1 is 1.07 bits per heavy atom. The first-order chi connectivity index (χ1) is 20.8. The molecule has 5 aromatic rings. The Balaban J connectivity index is 1.44. The lowest BCUT2D eigenvalue weighted by Crippen LogP contribution is -2.29. The van der Waals surface area contributed by atoms with Crippen LogP contribution < -0.4 is 9.64 Å². The average Bonchev–Trinajstić information content (AvgIpc) is 3.68. The second kappa shape index (κ2) is 11.8. The number of carbonyl (C=O) groups is 2. The van der Waals surface area contributed by atoms with Crippen LogP contribution in [0.3, 0.4) is 0 Å². The number of hydrogen-bond acceptors (Lipinski definition) is 9. The summed E-state index contributed by atoms with van der Waals surface area (Å²) in [6, 6.07) is 17.5. The van der Waals surface area contributed by atoms with Crippen molar-refractivity contribution in [2.45, 2.75) is 36.9 Å². The lowest BCUT2D eigenvalue weighted by Gasteiger charge is -2.22. The number of aromatic nitrogens is 4. The molecule has 6 rings (SSSR count). The van der Waals surface area contributed by atoms with Gasteiger partial charge in [0.15, 0.2) is 10.1 Å². The topological polar surface area (TPSA) is 110 Å². The summed E-state index contributed by atoms with van der Waals surface area (Å²) in [4.78, 5) is 33.3. The number of hydrogen-bond donors (Lipinski definition) is 1. The lowest BCUT2D eigenvalue weighted by molar-refractivity contribution is -0.132. The van der Waals surface area contributed by atoms with Gasteiger partial charge < -0.3 is 14.2 Å². The minimum Gasteiger partial charge on any atom is -0.505 e. The Labute approximate surface area is 260 Å². The van der Waals surface area contributed by atoms with Crippen molar-refractivity contribution in [3.8, 4) is 5.75 Å². The third-order valence-electron chi connectivity index (χ3n) is 7.17. The monoisotopic (exact) mass is 631 g/mol. The van der Waals surface area contributed by atoms with E-state index in [0.717, 1.165) is 11.1 Å². The molecule has 1 saturated heterocycles. The molecule has 0 aliphatic carbocycles. The third-order valence-corrected chi connectivity index (χ3v) is 9.64. The van der Waals surface area contributed by atoms with E-state index in [9.17, 15) is 14.7 Å². The van der Waals surface area contributed by atoms with Crippen LogP contribution in [0.25, 0.3) is 11.4 Å².